The SMILES string of the molecule is O=c1[nH][nH]c(-c2ccoc2)c1/C=C1\C=Nc2ccccc21. The zero-order valence-electron chi connectivity index (χ0n) is 11.0. The highest BCUT2D eigenvalue weighted by molar-refractivity contribution is 6.21. The van der Waals surface area contributed by atoms with E-state index in [1.54, 1.807) is 24.8 Å². The summed E-state index contributed by atoms with van der Waals surface area (Å²) in [5.74, 6) is 0. The van der Waals surface area contributed by atoms with Crippen LogP contribution in [0, 0.1) is 0 Å². The minimum Gasteiger partial charge on any atom is -0.472 e. The normalized spacial score (nSPS) is 14.8. The predicted molar refractivity (Wildman–Crippen MR) is 81.6 cm³/mol. The molecule has 0 spiro atoms. The first-order valence-electron chi connectivity index (χ1n) is 6.51. The fourth-order valence-electron chi connectivity index (χ4n) is 2.45. The second-order valence-corrected chi connectivity index (χ2v) is 4.75. The van der Waals surface area contributed by atoms with Gasteiger partial charge in [0, 0.05) is 22.9 Å². The molecule has 0 fully saturated rings. The number of nitrogens with one attached hydrogen (secondary N) is 2. The summed E-state index contributed by atoms with van der Waals surface area (Å²) in [4.78, 5) is 16.4. The van der Waals surface area contributed by atoms with Crippen LogP contribution in [0.3, 0.4) is 0 Å². The fraction of sp³-hybridized carbons (Fsp3) is 0. The van der Waals surface area contributed by atoms with E-state index in [4.69, 9.17) is 4.42 Å². The van der Waals surface area contributed by atoms with Crippen molar-refractivity contribution < 1.29 is 4.42 Å². The zero-order valence-corrected chi connectivity index (χ0v) is 11.0. The van der Waals surface area contributed by atoms with Crippen LogP contribution in [0.4, 0.5) is 5.69 Å². The van der Waals surface area contributed by atoms with Crippen molar-refractivity contribution in [2.24, 2.45) is 4.99 Å². The number of para-hydroxylation sites is 1. The Morgan fingerprint density at radius 1 is 1.14 bits per heavy atom. The van der Waals surface area contributed by atoms with Gasteiger partial charge in [0.25, 0.3) is 5.56 Å². The number of furan rings is 1. The van der Waals surface area contributed by atoms with Crippen LogP contribution >= 0.6 is 0 Å². The number of allylic oxidation sites excluding steroid dienone is 1. The number of benzene rings is 1. The van der Waals surface area contributed by atoms with Crippen LogP contribution in [0.2, 0.25) is 0 Å². The Balaban J connectivity index is 1.87. The average Bonchev–Trinajstić information content (AvgIpc) is 3.21. The minimum absolute atomic E-state index is 0.170. The van der Waals surface area contributed by atoms with Gasteiger partial charge in [-0.1, -0.05) is 18.2 Å². The van der Waals surface area contributed by atoms with Gasteiger partial charge in [0.1, 0.15) is 0 Å². The van der Waals surface area contributed by atoms with E-state index in [-0.39, 0.29) is 5.56 Å². The lowest BCUT2D eigenvalue weighted by Gasteiger charge is -1.99. The van der Waals surface area contributed by atoms with Gasteiger partial charge < -0.3 is 4.42 Å². The van der Waals surface area contributed by atoms with Crippen molar-refractivity contribution in [1.29, 1.82) is 0 Å². The number of hydrogen-bond acceptors (Lipinski definition) is 3. The topological polar surface area (TPSA) is 74.2 Å². The van der Waals surface area contributed by atoms with Gasteiger partial charge in [0.15, 0.2) is 0 Å². The molecule has 3 aromatic rings. The number of aliphatic imine (C=N–C) groups is 1. The van der Waals surface area contributed by atoms with Gasteiger partial charge in [-0.2, -0.15) is 0 Å². The van der Waals surface area contributed by atoms with Crippen molar-refractivity contribution in [3.8, 4) is 11.3 Å². The van der Waals surface area contributed by atoms with Gasteiger partial charge in [-0.25, -0.2) is 0 Å². The number of rotatable bonds is 2. The van der Waals surface area contributed by atoms with E-state index in [9.17, 15) is 4.79 Å². The highest BCUT2D eigenvalue weighted by atomic mass is 16.3. The van der Waals surface area contributed by atoms with Crippen LogP contribution in [0.5, 0.6) is 0 Å². The molecule has 1 aromatic carbocycles. The van der Waals surface area contributed by atoms with E-state index in [0.717, 1.165) is 22.4 Å². The molecule has 0 saturated carbocycles. The zero-order chi connectivity index (χ0) is 14.2. The molecule has 0 radical (unpaired) electrons. The molecule has 0 saturated heterocycles. The molecule has 0 aliphatic carbocycles. The average molecular weight is 277 g/mol. The van der Waals surface area contributed by atoms with Crippen molar-refractivity contribution in [2.45, 2.75) is 0 Å². The Hall–Kier alpha value is -3.08. The first kappa shape index (κ1) is 11.7. The molecule has 5 heteroatoms. The third-order valence-electron chi connectivity index (χ3n) is 3.48. The van der Waals surface area contributed by atoms with Crippen molar-refractivity contribution in [3.05, 3.63) is 64.3 Å². The van der Waals surface area contributed by atoms with Gasteiger partial charge >= 0.3 is 0 Å². The highest BCUT2D eigenvalue weighted by Crippen LogP contribution is 2.32. The second kappa shape index (κ2) is 4.49. The van der Waals surface area contributed by atoms with E-state index in [1.165, 1.54) is 0 Å². The third kappa shape index (κ3) is 1.87. The van der Waals surface area contributed by atoms with Crippen molar-refractivity contribution in [3.63, 3.8) is 0 Å². The molecule has 1 aliphatic rings. The lowest BCUT2D eigenvalue weighted by Crippen LogP contribution is -2.02. The number of nitrogens with zero attached hydrogens (tertiary/aromatic N) is 1. The van der Waals surface area contributed by atoms with Crippen molar-refractivity contribution in [2.75, 3.05) is 0 Å². The van der Waals surface area contributed by atoms with Crippen LogP contribution in [0.25, 0.3) is 22.9 Å². The third-order valence-corrected chi connectivity index (χ3v) is 3.48. The quantitative estimate of drug-likeness (QED) is 0.754. The summed E-state index contributed by atoms with van der Waals surface area (Å²) < 4.78 is 5.08. The summed E-state index contributed by atoms with van der Waals surface area (Å²) >= 11 is 0. The molecule has 4 rings (SSSR count). The van der Waals surface area contributed by atoms with Gasteiger partial charge in [-0.3, -0.25) is 20.0 Å². The van der Waals surface area contributed by atoms with Crippen LogP contribution in [0.15, 0.2) is 57.1 Å². The molecular weight excluding hydrogens is 266 g/mol. The summed E-state index contributed by atoms with van der Waals surface area (Å²) in [7, 11) is 0. The molecule has 21 heavy (non-hydrogen) atoms. The largest absolute Gasteiger partial charge is 0.472 e. The predicted octanol–water partition coefficient (Wildman–Crippen LogP) is 3.22. The van der Waals surface area contributed by atoms with E-state index < -0.39 is 0 Å². The summed E-state index contributed by atoms with van der Waals surface area (Å²) in [5, 5.41) is 5.50. The minimum atomic E-state index is -0.170. The maximum absolute atomic E-state index is 12.0. The maximum atomic E-state index is 12.0. The monoisotopic (exact) mass is 277 g/mol. The Morgan fingerprint density at radius 2 is 2.05 bits per heavy atom. The Kier molecular flexibility index (Phi) is 2.50. The molecule has 2 N–H and O–H groups in total. The molecule has 0 atom stereocenters. The first-order valence-corrected chi connectivity index (χ1v) is 6.51. The summed E-state index contributed by atoms with van der Waals surface area (Å²) in [6, 6.07) is 9.65. The number of H-pyrrole nitrogens is 2. The van der Waals surface area contributed by atoms with E-state index in [1.807, 2.05) is 30.3 Å². The van der Waals surface area contributed by atoms with Crippen LogP contribution in [0.1, 0.15) is 11.1 Å². The van der Waals surface area contributed by atoms with Crippen molar-refractivity contribution in [1.82, 2.24) is 10.2 Å². The summed E-state index contributed by atoms with van der Waals surface area (Å²) in [6.07, 6.45) is 6.78. The van der Waals surface area contributed by atoms with Crippen molar-refractivity contribution >= 4 is 23.6 Å². The number of aromatic nitrogens is 2. The summed E-state index contributed by atoms with van der Waals surface area (Å²) in [5.41, 5.74) is 4.78. The van der Waals surface area contributed by atoms with Crippen LogP contribution in [-0.2, 0) is 0 Å². The van der Waals surface area contributed by atoms with Gasteiger partial charge in [-0.15, -0.1) is 0 Å². The smallest absolute Gasteiger partial charge is 0.271 e. The standard InChI is InChI=1S/C16H11N3O2/c20-16-13(15(18-19-16)10-5-6-21-9-10)7-11-8-17-14-4-2-1-3-12(11)14/h1-9H,(H2,18,19,20)/b11-7+. The molecule has 5 nitrogen and oxygen atoms in total. The molecular formula is C16H11N3O2. The number of fused-ring (bicyclic) bond motifs is 1. The number of aromatic amines is 2. The molecule has 3 heterocycles. The summed E-state index contributed by atoms with van der Waals surface area (Å²) in [6.45, 7) is 0. The molecule has 0 unspecified atom stereocenters. The Morgan fingerprint density at radius 3 is 2.90 bits per heavy atom. The van der Waals surface area contributed by atoms with E-state index >= 15 is 0 Å². The number of hydrogen-bond donors (Lipinski definition) is 2. The second-order valence-electron chi connectivity index (χ2n) is 4.75. The molecule has 0 amide bonds. The van der Waals surface area contributed by atoms with E-state index in [2.05, 4.69) is 15.2 Å². The van der Waals surface area contributed by atoms with Crippen LogP contribution < -0.4 is 5.56 Å². The fourth-order valence-corrected chi connectivity index (χ4v) is 2.45. The lowest BCUT2D eigenvalue weighted by atomic mass is 10.0. The molecule has 1 aliphatic heterocycles. The van der Waals surface area contributed by atoms with Gasteiger partial charge in [0.2, 0.25) is 0 Å². The maximum Gasteiger partial charge on any atom is 0.271 e. The Bertz CT molecular complexity index is 911. The molecule has 102 valence electrons. The van der Waals surface area contributed by atoms with Gasteiger partial charge in [-0.05, 0) is 18.2 Å². The van der Waals surface area contributed by atoms with Gasteiger partial charge in [0.05, 0.1) is 29.5 Å². The van der Waals surface area contributed by atoms with Crippen LogP contribution in [-0.4, -0.2) is 16.4 Å². The highest BCUT2D eigenvalue weighted by Gasteiger charge is 2.15. The molecule has 0 bridgehead atoms. The lowest BCUT2D eigenvalue weighted by molar-refractivity contribution is 0.568. The van der Waals surface area contributed by atoms with E-state index in [0.29, 0.717) is 11.3 Å². The first-order chi connectivity index (χ1) is 10.3. The Labute approximate surface area is 119 Å². The molecule has 2 aromatic heterocycles.